The summed E-state index contributed by atoms with van der Waals surface area (Å²) in [4.78, 5) is 28.6. The lowest BCUT2D eigenvalue weighted by Gasteiger charge is -1.98. The Morgan fingerprint density at radius 1 is 1.50 bits per heavy atom. The number of aryl methyl sites for hydroxylation is 1. The molecule has 8 heteroatoms. The minimum absolute atomic E-state index is 0.128. The molecule has 0 unspecified atom stereocenters. The van der Waals surface area contributed by atoms with Crippen molar-refractivity contribution in [3.05, 3.63) is 33.1 Å². The summed E-state index contributed by atoms with van der Waals surface area (Å²) in [7, 11) is 0. The molecule has 0 saturated carbocycles. The molecule has 2 amide bonds. The minimum atomic E-state index is -0.389. The fourth-order valence-electron chi connectivity index (χ4n) is 1.89. The normalized spacial score (nSPS) is 14.3. The molecule has 0 aliphatic carbocycles. The van der Waals surface area contributed by atoms with Gasteiger partial charge in [-0.25, -0.2) is 4.98 Å². The van der Waals surface area contributed by atoms with Gasteiger partial charge in [0.25, 0.3) is 11.8 Å². The van der Waals surface area contributed by atoms with Crippen LogP contribution in [0.2, 0.25) is 0 Å². The Hall–Kier alpha value is -1.67. The first-order chi connectivity index (χ1) is 9.63. The molecule has 0 atom stereocenters. The van der Waals surface area contributed by atoms with Crippen LogP contribution in [0.3, 0.4) is 0 Å². The van der Waals surface area contributed by atoms with E-state index in [2.05, 4.69) is 31.5 Å². The molecule has 1 aliphatic rings. The third kappa shape index (κ3) is 2.61. The lowest BCUT2D eigenvalue weighted by atomic mass is 10.2. The molecule has 2 aromatic rings. The van der Waals surface area contributed by atoms with Crippen LogP contribution in [0.5, 0.6) is 0 Å². The third-order valence-electron chi connectivity index (χ3n) is 2.80. The van der Waals surface area contributed by atoms with Gasteiger partial charge in [-0.05, 0) is 40.9 Å². The summed E-state index contributed by atoms with van der Waals surface area (Å²) in [6.07, 6.45) is 1.58. The number of hydrogen-bond acceptors (Lipinski definition) is 5. The topological polar surface area (TPSA) is 84.2 Å². The number of furan rings is 1. The van der Waals surface area contributed by atoms with E-state index in [9.17, 15) is 9.59 Å². The van der Waals surface area contributed by atoms with Gasteiger partial charge in [0.15, 0.2) is 15.6 Å². The number of nitrogens with one attached hydrogen (secondary N) is 2. The average molecular weight is 356 g/mol. The predicted molar refractivity (Wildman–Crippen MR) is 77.1 cm³/mol. The van der Waals surface area contributed by atoms with Crippen molar-refractivity contribution in [2.75, 3.05) is 11.9 Å². The van der Waals surface area contributed by atoms with E-state index in [4.69, 9.17) is 4.42 Å². The molecule has 0 fully saturated rings. The number of rotatable bonds is 2. The summed E-state index contributed by atoms with van der Waals surface area (Å²) in [6, 6.07) is 3.20. The number of hydrogen-bond donors (Lipinski definition) is 2. The highest BCUT2D eigenvalue weighted by atomic mass is 79.9. The third-order valence-corrected chi connectivity index (χ3v) is 4.23. The molecule has 1 aliphatic heterocycles. The number of amides is 2. The number of anilines is 1. The van der Waals surface area contributed by atoms with Crippen LogP contribution in [0.15, 0.2) is 21.2 Å². The Labute approximate surface area is 126 Å². The van der Waals surface area contributed by atoms with E-state index in [0.29, 0.717) is 21.2 Å². The molecular formula is C12H10BrN3O3S. The average Bonchev–Trinajstić information content (AvgIpc) is 2.97. The number of fused-ring (bicyclic) bond motifs is 1. The zero-order chi connectivity index (χ0) is 14.1. The van der Waals surface area contributed by atoms with Crippen LogP contribution in [0.25, 0.3) is 0 Å². The van der Waals surface area contributed by atoms with Crippen LogP contribution in [-0.4, -0.2) is 23.3 Å². The molecule has 0 spiro atoms. The highest BCUT2D eigenvalue weighted by molar-refractivity contribution is 9.10. The SMILES string of the molecule is O=C(Nc1nc2c(s1)C(=O)NCCC2)c1ccc(Br)o1. The first-order valence-electron chi connectivity index (χ1n) is 5.98. The molecule has 0 bridgehead atoms. The smallest absolute Gasteiger partial charge is 0.293 e. The van der Waals surface area contributed by atoms with Crippen LogP contribution in [0.1, 0.15) is 32.3 Å². The highest BCUT2D eigenvalue weighted by Crippen LogP contribution is 2.26. The van der Waals surface area contributed by atoms with Crippen LogP contribution in [0, 0.1) is 0 Å². The lowest BCUT2D eigenvalue weighted by Crippen LogP contribution is -2.21. The maximum Gasteiger partial charge on any atom is 0.293 e. The van der Waals surface area contributed by atoms with Crippen molar-refractivity contribution < 1.29 is 14.0 Å². The number of aromatic nitrogens is 1. The van der Waals surface area contributed by atoms with Crippen LogP contribution in [-0.2, 0) is 6.42 Å². The maximum absolute atomic E-state index is 11.9. The molecule has 3 heterocycles. The van der Waals surface area contributed by atoms with Crippen molar-refractivity contribution in [3.8, 4) is 0 Å². The summed E-state index contributed by atoms with van der Waals surface area (Å²) >= 11 is 4.31. The number of carbonyl (C=O) groups excluding carboxylic acids is 2. The molecule has 0 saturated heterocycles. The van der Waals surface area contributed by atoms with Crippen molar-refractivity contribution in [2.45, 2.75) is 12.8 Å². The van der Waals surface area contributed by atoms with Gasteiger partial charge in [0.1, 0.15) is 4.88 Å². The number of nitrogens with zero attached hydrogens (tertiary/aromatic N) is 1. The molecule has 3 rings (SSSR count). The largest absolute Gasteiger partial charge is 0.444 e. The fourth-order valence-corrected chi connectivity index (χ4v) is 3.11. The molecular weight excluding hydrogens is 346 g/mol. The maximum atomic E-state index is 11.9. The molecule has 104 valence electrons. The number of thiazole rings is 1. The zero-order valence-electron chi connectivity index (χ0n) is 10.2. The van der Waals surface area contributed by atoms with Crippen molar-refractivity contribution in [2.24, 2.45) is 0 Å². The Balaban J connectivity index is 1.80. The van der Waals surface area contributed by atoms with Crippen LogP contribution < -0.4 is 10.6 Å². The van der Waals surface area contributed by atoms with E-state index in [1.165, 1.54) is 11.3 Å². The van der Waals surface area contributed by atoms with E-state index in [1.807, 2.05) is 0 Å². The van der Waals surface area contributed by atoms with E-state index in [-0.39, 0.29) is 17.6 Å². The summed E-state index contributed by atoms with van der Waals surface area (Å²) in [5.74, 6) is -0.331. The number of halogens is 1. The minimum Gasteiger partial charge on any atom is -0.444 e. The van der Waals surface area contributed by atoms with Crippen molar-refractivity contribution >= 4 is 44.2 Å². The zero-order valence-corrected chi connectivity index (χ0v) is 12.6. The van der Waals surface area contributed by atoms with E-state index in [0.717, 1.165) is 18.5 Å². The Morgan fingerprint density at radius 3 is 3.10 bits per heavy atom. The van der Waals surface area contributed by atoms with E-state index < -0.39 is 0 Å². The lowest BCUT2D eigenvalue weighted by molar-refractivity contribution is 0.0958. The Morgan fingerprint density at radius 2 is 2.35 bits per heavy atom. The van der Waals surface area contributed by atoms with E-state index in [1.54, 1.807) is 12.1 Å². The van der Waals surface area contributed by atoms with Crippen LogP contribution >= 0.6 is 27.3 Å². The number of carbonyl (C=O) groups is 2. The van der Waals surface area contributed by atoms with Gasteiger partial charge < -0.3 is 9.73 Å². The van der Waals surface area contributed by atoms with Gasteiger partial charge in [0, 0.05) is 6.54 Å². The molecule has 0 radical (unpaired) electrons. The van der Waals surface area contributed by atoms with Crippen molar-refractivity contribution in [3.63, 3.8) is 0 Å². The van der Waals surface area contributed by atoms with Gasteiger partial charge in [0.2, 0.25) is 0 Å². The van der Waals surface area contributed by atoms with Gasteiger partial charge in [-0.3, -0.25) is 14.9 Å². The van der Waals surface area contributed by atoms with Gasteiger partial charge >= 0.3 is 0 Å². The molecule has 0 aromatic carbocycles. The summed E-state index contributed by atoms with van der Waals surface area (Å²) in [5, 5.41) is 5.85. The second-order valence-electron chi connectivity index (χ2n) is 4.21. The van der Waals surface area contributed by atoms with Gasteiger partial charge in [-0.1, -0.05) is 11.3 Å². The Kier molecular flexibility index (Phi) is 3.58. The first-order valence-corrected chi connectivity index (χ1v) is 7.59. The van der Waals surface area contributed by atoms with Crippen molar-refractivity contribution in [1.82, 2.24) is 10.3 Å². The monoisotopic (exact) mass is 355 g/mol. The van der Waals surface area contributed by atoms with Gasteiger partial charge in [0.05, 0.1) is 5.69 Å². The standard InChI is InChI=1S/C12H10BrN3O3S/c13-8-4-3-7(19-8)10(17)16-12-15-6-2-1-5-14-11(18)9(6)20-12/h3-4H,1-2,5H2,(H,14,18)(H,15,16,17). The molecule has 6 nitrogen and oxygen atoms in total. The molecule has 2 N–H and O–H groups in total. The summed E-state index contributed by atoms with van der Waals surface area (Å²) in [5.41, 5.74) is 0.737. The summed E-state index contributed by atoms with van der Waals surface area (Å²) < 4.78 is 5.65. The molecule has 20 heavy (non-hydrogen) atoms. The second kappa shape index (κ2) is 5.37. The fraction of sp³-hybridized carbons (Fsp3) is 0.250. The van der Waals surface area contributed by atoms with Gasteiger partial charge in [-0.15, -0.1) is 0 Å². The van der Waals surface area contributed by atoms with Gasteiger partial charge in [-0.2, -0.15) is 0 Å². The van der Waals surface area contributed by atoms with Crippen LogP contribution in [0.4, 0.5) is 5.13 Å². The predicted octanol–water partition coefficient (Wildman–Crippen LogP) is 2.43. The quantitative estimate of drug-likeness (QED) is 0.866. The van der Waals surface area contributed by atoms with Crippen molar-refractivity contribution in [1.29, 1.82) is 0 Å². The first kappa shape index (κ1) is 13.3. The highest BCUT2D eigenvalue weighted by Gasteiger charge is 2.22. The summed E-state index contributed by atoms with van der Waals surface area (Å²) in [6.45, 7) is 0.657. The van der Waals surface area contributed by atoms with E-state index >= 15 is 0 Å². The Bertz CT molecular complexity index is 679. The second-order valence-corrected chi connectivity index (χ2v) is 5.99. The molecule has 2 aromatic heterocycles.